The first-order chi connectivity index (χ1) is 10.1. The van der Waals surface area contributed by atoms with Gasteiger partial charge in [-0.05, 0) is 24.6 Å². The van der Waals surface area contributed by atoms with Crippen LogP contribution >= 0.6 is 0 Å². The van der Waals surface area contributed by atoms with Gasteiger partial charge in [0, 0.05) is 6.54 Å². The molecule has 1 aromatic carbocycles. The van der Waals surface area contributed by atoms with Crippen LogP contribution in [0.4, 0.5) is 0 Å². The summed E-state index contributed by atoms with van der Waals surface area (Å²) in [7, 11) is 1.57. The van der Waals surface area contributed by atoms with Crippen molar-refractivity contribution in [3.63, 3.8) is 0 Å². The predicted octanol–water partition coefficient (Wildman–Crippen LogP) is 1.05. The number of methoxy groups -OCH3 is 1. The van der Waals surface area contributed by atoms with Gasteiger partial charge in [0.1, 0.15) is 6.61 Å². The molecule has 0 radical (unpaired) electrons. The first-order valence-corrected chi connectivity index (χ1v) is 6.65. The number of nitrogens with one attached hydrogen (secondary N) is 1. The number of nitrogens with zero attached hydrogens (tertiary/aromatic N) is 1. The first-order valence-electron chi connectivity index (χ1n) is 6.65. The maximum atomic E-state index is 8.77. The van der Waals surface area contributed by atoms with Gasteiger partial charge in [-0.15, -0.1) is 0 Å². The normalized spacial score (nSPS) is 11.1. The molecule has 0 saturated carbocycles. The van der Waals surface area contributed by atoms with Gasteiger partial charge in [-0.3, -0.25) is 0 Å². The van der Waals surface area contributed by atoms with Crippen LogP contribution in [0.1, 0.15) is 12.5 Å². The average molecular weight is 293 g/mol. The zero-order valence-corrected chi connectivity index (χ0v) is 12.6. The largest absolute Gasteiger partial charge is 0.493 e. The second-order valence-corrected chi connectivity index (χ2v) is 4.57. The van der Waals surface area contributed by atoms with Crippen LogP contribution in [0.3, 0.4) is 0 Å². The Hall–Kier alpha value is -2.21. The maximum Gasteiger partial charge on any atom is 0.189 e. The average Bonchev–Trinajstić information content (AvgIpc) is 2.49. The van der Waals surface area contributed by atoms with Crippen LogP contribution in [-0.2, 0) is 6.54 Å². The molecule has 1 rings (SSSR count). The summed E-state index contributed by atoms with van der Waals surface area (Å²) in [5, 5.41) is 11.7. The Bertz CT molecular complexity index is 501. The minimum atomic E-state index is -0.0415. The molecule has 0 unspecified atom stereocenters. The number of aliphatic imine (C=N–C) groups is 1. The third-order valence-corrected chi connectivity index (χ3v) is 2.58. The lowest BCUT2D eigenvalue weighted by Gasteiger charge is -2.11. The molecule has 6 heteroatoms. The SMILES string of the molecule is C=C(C)CNC(N)=NCc1ccc(OCCO)c(OC)c1. The number of aliphatic hydroxyl groups is 1. The van der Waals surface area contributed by atoms with E-state index in [2.05, 4.69) is 16.9 Å². The lowest BCUT2D eigenvalue weighted by Crippen LogP contribution is -2.32. The van der Waals surface area contributed by atoms with E-state index in [4.69, 9.17) is 20.3 Å². The standard InChI is InChI=1S/C15H23N3O3/c1-11(2)9-17-15(16)18-10-12-4-5-13(21-7-6-19)14(8-12)20-3/h4-5,8,19H,1,6-7,9-10H2,2-3H3,(H3,16,17,18). The van der Waals surface area contributed by atoms with Gasteiger partial charge in [-0.1, -0.05) is 18.2 Å². The second kappa shape index (κ2) is 8.86. The fourth-order valence-corrected chi connectivity index (χ4v) is 1.56. The summed E-state index contributed by atoms with van der Waals surface area (Å²) in [6.45, 7) is 6.92. The van der Waals surface area contributed by atoms with Gasteiger partial charge in [0.05, 0.1) is 20.3 Å². The van der Waals surface area contributed by atoms with E-state index in [0.717, 1.165) is 11.1 Å². The maximum absolute atomic E-state index is 8.77. The molecule has 6 nitrogen and oxygen atoms in total. The molecule has 0 amide bonds. The first kappa shape index (κ1) is 16.8. The molecule has 0 aliphatic carbocycles. The Morgan fingerprint density at radius 1 is 1.43 bits per heavy atom. The summed E-state index contributed by atoms with van der Waals surface area (Å²) in [5.74, 6) is 1.56. The number of guanidine groups is 1. The number of hydrogen-bond acceptors (Lipinski definition) is 4. The Labute approximate surface area is 125 Å². The van der Waals surface area contributed by atoms with Gasteiger partial charge in [-0.25, -0.2) is 4.99 Å². The van der Waals surface area contributed by atoms with Crippen molar-refractivity contribution in [3.05, 3.63) is 35.9 Å². The molecule has 0 aliphatic rings. The Balaban J connectivity index is 2.67. The van der Waals surface area contributed by atoms with Crippen LogP contribution < -0.4 is 20.5 Å². The minimum absolute atomic E-state index is 0.0415. The summed E-state index contributed by atoms with van der Waals surface area (Å²) in [5.41, 5.74) is 7.68. The van der Waals surface area contributed by atoms with Crippen LogP contribution in [0, 0.1) is 0 Å². The van der Waals surface area contributed by atoms with Crippen LogP contribution in [0.25, 0.3) is 0 Å². The Kier molecular flexibility index (Phi) is 7.11. The van der Waals surface area contributed by atoms with Crippen molar-refractivity contribution in [3.8, 4) is 11.5 Å². The van der Waals surface area contributed by atoms with E-state index in [1.807, 2.05) is 19.1 Å². The van der Waals surface area contributed by atoms with E-state index in [0.29, 0.717) is 30.5 Å². The minimum Gasteiger partial charge on any atom is -0.493 e. The number of rotatable bonds is 8. The smallest absolute Gasteiger partial charge is 0.189 e. The van der Waals surface area contributed by atoms with Crippen LogP contribution in [0.5, 0.6) is 11.5 Å². The van der Waals surface area contributed by atoms with Gasteiger partial charge in [0.15, 0.2) is 17.5 Å². The monoisotopic (exact) mass is 293 g/mol. The molecular formula is C15H23N3O3. The number of aliphatic hydroxyl groups excluding tert-OH is 1. The third kappa shape index (κ3) is 6.18. The van der Waals surface area contributed by atoms with E-state index in [1.54, 1.807) is 13.2 Å². The van der Waals surface area contributed by atoms with E-state index >= 15 is 0 Å². The zero-order valence-electron chi connectivity index (χ0n) is 12.6. The molecule has 4 N–H and O–H groups in total. The summed E-state index contributed by atoms with van der Waals surface area (Å²) in [6, 6.07) is 5.50. The van der Waals surface area contributed by atoms with E-state index < -0.39 is 0 Å². The van der Waals surface area contributed by atoms with Crippen molar-refractivity contribution in [2.75, 3.05) is 26.9 Å². The Morgan fingerprint density at radius 3 is 2.81 bits per heavy atom. The lowest BCUT2D eigenvalue weighted by atomic mass is 10.2. The molecule has 0 aliphatic heterocycles. The van der Waals surface area contributed by atoms with Crippen LogP contribution in [-0.4, -0.2) is 37.9 Å². The third-order valence-electron chi connectivity index (χ3n) is 2.58. The van der Waals surface area contributed by atoms with E-state index in [-0.39, 0.29) is 13.2 Å². The van der Waals surface area contributed by atoms with Crippen LogP contribution in [0.2, 0.25) is 0 Å². The van der Waals surface area contributed by atoms with Crippen molar-refractivity contribution < 1.29 is 14.6 Å². The molecule has 0 fully saturated rings. The highest BCUT2D eigenvalue weighted by atomic mass is 16.5. The molecule has 116 valence electrons. The molecule has 0 atom stereocenters. The summed E-state index contributed by atoms with van der Waals surface area (Å²) >= 11 is 0. The highest BCUT2D eigenvalue weighted by Gasteiger charge is 2.05. The van der Waals surface area contributed by atoms with Gasteiger partial charge in [0.2, 0.25) is 0 Å². The number of ether oxygens (including phenoxy) is 2. The molecule has 0 aromatic heterocycles. The molecule has 21 heavy (non-hydrogen) atoms. The highest BCUT2D eigenvalue weighted by Crippen LogP contribution is 2.28. The van der Waals surface area contributed by atoms with Crippen LogP contribution in [0.15, 0.2) is 35.3 Å². The van der Waals surface area contributed by atoms with Crippen molar-refractivity contribution in [2.24, 2.45) is 10.7 Å². The van der Waals surface area contributed by atoms with E-state index in [1.165, 1.54) is 0 Å². The molecule has 0 heterocycles. The van der Waals surface area contributed by atoms with Crippen molar-refractivity contribution in [1.82, 2.24) is 5.32 Å². The highest BCUT2D eigenvalue weighted by molar-refractivity contribution is 5.78. The Morgan fingerprint density at radius 2 is 2.19 bits per heavy atom. The topological polar surface area (TPSA) is 89.1 Å². The van der Waals surface area contributed by atoms with Gasteiger partial charge in [0.25, 0.3) is 0 Å². The number of hydrogen-bond donors (Lipinski definition) is 3. The quantitative estimate of drug-likeness (QED) is 0.379. The molecule has 0 bridgehead atoms. The summed E-state index contributed by atoms with van der Waals surface area (Å²) in [6.07, 6.45) is 0. The predicted molar refractivity (Wildman–Crippen MR) is 83.7 cm³/mol. The van der Waals surface area contributed by atoms with E-state index in [9.17, 15) is 0 Å². The summed E-state index contributed by atoms with van der Waals surface area (Å²) in [4.78, 5) is 4.24. The zero-order chi connectivity index (χ0) is 15.7. The number of nitrogens with two attached hydrogens (primary N) is 1. The van der Waals surface area contributed by atoms with Gasteiger partial charge >= 0.3 is 0 Å². The second-order valence-electron chi connectivity index (χ2n) is 4.57. The fraction of sp³-hybridized carbons (Fsp3) is 0.400. The summed E-state index contributed by atoms with van der Waals surface area (Å²) < 4.78 is 10.6. The number of benzene rings is 1. The molecule has 0 spiro atoms. The van der Waals surface area contributed by atoms with Crippen molar-refractivity contribution >= 4 is 5.96 Å². The molecule has 0 saturated heterocycles. The van der Waals surface area contributed by atoms with Crippen molar-refractivity contribution in [1.29, 1.82) is 0 Å². The molecular weight excluding hydrogens is 270 g/mol. The van der Waals surface area contributed by atoms with Gasteiger partial charge < -0.3 is 25.6 Å². The lowest BCUT2D eigenvalue weighted by molar-refractivity contribution is 0.196. The van der Waals surface area contributed by atoms with Gasteiger partial charge in [-0.2, -0.15) is 0 Å². The fourth-order valence-electron chi connectivity index (χ4n) is 1.56. The molecule has 1 aromatic rings. The van der Waals surface area contributed by atoms with Crippen molar-refractivity contribution in [2.45, 2.75) is 13.5 Å².